The molecule has 0 unspecified atom stereocenters. The van der Waals surface area contributed by atoms with Crippen LogP contribution in [0.15, 0.2) is 0 Å². The van der Waals surface area contributed by atoms with Gasteiger partial charge in [0, 0.05) is 0 Å². The van der Waals surface area contributed by atoms with Crippen LogP contribution >= 0.6 is 0 Å². The lowest BCUT2D eigenvalue weighted by molar-refractivity contribution is 0.404. The van der Waals surface area contributed by atoms with Crippen molar-refractivity contribution in [3.8, 4) is 0 Å². The van der Waals surface area contributed by atoms with Gasteiger partial charge in [0.1, 0.15) is 0 Å². The van der Waals surface area contributed by atoms with Crippen molar-refractivity contribution < 1.29 is 4.12 Å². The van der Waals surface area contributed by atoms with Crippen molar-refractivity contribution in [1.29, 1.82) is 0 Å². The standard InChI is InChI=1S/C10H22OSi2/c1-9-5-12(3,6-9)11-13(4)7-10(2)8-13/h9-10H,5-8H2,1-4H3. The van der Waals surface area contributed by atoms with Gasteiger partial charge in [0.05, 0.1) is 0 Å². The second-order valence-corrected chi connectivity index (χ2v) is 14.3. The normalized spacial score (nSPS) is 55.4. The lowest BCUT2D eigenvalue weighted by Gasteiger charge is -2.52. The quantitative estimate of drug-likeness (QED) is 0.640. The largest absolute Gasteiger partial charge is 0.455 e. The monoisotopic (exact) mass is 214 g/mol. The molecule has 2 aliphatic heterocycles. The van der Waals surface area contributed by atoms with E-state index in [1.54, 1.807) is 0 Å². The Kier molecular flexibility index (Phi) is 2.25. The fourth-order valence-corrected chi connectivity index (χ4v) is 15.3. The SMILES string of the molecule is CC1C[Si](C)(O[Si]2(C)CC(C)C2)C1. The Labute approximate surface area is 84.1 Å². The number of hydrogen-bond acceptors (Lipinski definition) is 1. The van der Waals surface area contributed by atoms with Crippen molar-refractivity contribution >= 4 is 16.6 Å². The van der Waals surface area contributed by atoms with Crippen molar-refractivity contribution in [3.63, 3.8) is 0 Å². The molecule has 0 aromatic carbocycles. The van der Waals surface area contributed by atoms with E-state index in [1.807, 2.05) is 0 Å². The minimum Gasteiger partial charge on any atom is -0.455 e. The molecule has 0 spiro atoms. The van der Waals surface area contributed by atoms with E-state index in [9.17, 15) is 0 Å². The summed E-state index contributed by atoms with van der Waals surface area (Å²) in [5.41, 5.74) is 0. The van der Waals surface area contributed by atoms with Crippen LogP contribution < -0.4 is 0 Å². The molecular weight excluding hydrogens is 192 g/mol. The molecule has 0 aromatic rings. The Morgan fingerprint density at radius 2 is 1.15 bits per heavy atom. The third-order valence-electron chi connectivity index (χ3n) is 3.61. The summed E-state index contributed by atoms with van der Waals surface area (Å²) in [6.07, 6.45) is 0. The molecule has 0 aliphatic carbocycles. The molecule has 0 bridgehead atoms. The van der Waals surface area contributed by atoms with Gasteiger partial charge in [-0.1, -0.05) is 13.8 Å². The van der Waals surface area contributed by atoms with Gasteiger partial charge in [0.15, 0.2) is 16.6 Å². The topological polar surface area (TPSA) is 9.23 Å². The van der Waals surface area contributed by atoms with Crippen LogP contribution in [-0.2, 0) is 4.12 Å². The summed E-state index contributed by atoms with van der Waals surface area (Å²) < 4.78 is 6.52. The molecule has 0 N–H and O–H groups in total. The van der Waals surface area contributed by atoms with Crippen LogP contribution in [-0.4, -0.2) is 16.6 Å². The first-order valence-corrected chi connectivity index (χ1v) is 11.3. The van der Waals surface area contributed by atoms with Crippen LogP contribution in [0.2, 0.25) is 37.3 Å². The van der Waals surface area contributed by atoms with Crippen molar-refractivity contribution in [2.24, 2.45) is 11.8 Å². The van der Waals surface area contributed by atoms with E-state index in [0.717, 1.165) is 11.8 Å². The molecule has 0 amide bonds. The number of hydrogen-bond donors (Lipinski definition) is 0. The minimum absolute atomic E-state index is 0.965. The predicted octanol–water partition coefficient (Wildman–Crippen LogP) is 3.45. The van der Waals surface area contributed by atoms with E-state index >= 15 is 0 Å². The molecule has 2 fully saturated rings. The Bertz CT molecular complexity index is 183. The van der Waals surface area contributed by atoms with Gasteiger partial charge in [-0.15, -0.1) is 0 Å². The van der Waals surface area contributed by atoms with Gasteiger partial charge in [-0.05, 0) is 49.1 Å². The summed E-state index contributed by atoms with van der Waals surface area (Å²) in [6.45, 7) is 9.64. The molecule has 2 heterocycles. The molecule has 3 heteroatoms. The lowest BCUT2D eigenvalue weighted by atomic mass is 10.2. The smallest absolute Gasteiger partial charge is 0.177 e. The molecule has 2 aliphatic rings. The summed E-state index contributed by atoms with van der Waals surface area (Å²) in [5.74, 6) is 1.93. The van der Waals surface area contributed by atoms with Crippen molar-refractivity contribution in [1.82, 2.24) is 0 Å². The van der Waals surface area contributed by atoms with Crippen LogP contribution in [0.25, 0.3) is 0 Å². The first-order valence-electron chi connectivity index (χ1n) is 5.61. The van der Waals surface area contributed by atoms with E-state index in [2.05, 4.69) is 26.9 Å². The highest BCUT2D eigenvalue weighted by Gasteiger charge is 2.50. The molecule has 0 aromatic heterocycles. The zero-order valence-electron chi connectivity index (χ0n) is 9.39. The predicted molar refractivity (Wildman–Crippen MR) is 61.9 cm³/mol. The average Bonchev–Trinajstić information content (AvgIpc) is 1.79. The lowest BCUT2D eigenvalue weighted by Crippen LogP contribution is -2.58. The van der Waals surface area contributed by atoms with E-state index in [4.69, 9.17) is 4.12 Å². The Balaban J connectivity index is 1.85. The van der Waals surface area contributed by atoms with E-state index in [0.29, 0.717) is 0 Å². The maximum Gasteiger partial charge on any atom is 0.177 e. The summed E-state index contributed by atoms with van der Waals surface area (Å²) in [4.78, 5) is 0. The fourth-order valence-electron chi connectivity index (χ4n) is 3.59. The Morgan fingerprint density at radius 1 is 0.846 bits per heavy atom. The van der Waals surface area contributed by atoms with Crippen LogP contribution in [0.4, 0.5) is 0 Å². The molecule has 2 saturated heterocycles. The van der Waals surface area contributed by atoms with Crippen LogP contribution in [0, 0.1) is 11.8 Å². The molecule has 0 radical (unpaired) electrons. The highest BCUT2D eigenvalue weighted by Crippen LogP contribution is 2.46. The molecule has 13 heavy (non-hydrogen) atoms. The fraction of sp³-hybridized carbons (Fsp3) is 1.00. The molecule has 0 atom stereocenters. The van der Waals surface area contributed by atoms with Crippen LogP contribution in [0.3, 0.4) is 0 Å². The average molecular weight is 214 g/mol. The van der Waals surface area contributed by atoms with Gasteiger partial charge in [-0.25, -0.2) is 0 Å². The second kappa shape index (κ2) is 2.94. The zero-order chi connectivity index (χ0) is 9.69. The summed E-state index contributed by atoms with van der Waals surface area (Å²) in [5, 5.41) is 0. The summed E-state index contributed by atoms with van der Waals surface area (Å²) >= 11 is 0. The highest BCUT2D eigenvalue weighted by atomic mass is 28.4. The summed E-state index contributed by atoms with van der Waals surface area (Å²) in [6, 6.07) is 5.74. The Hall–Kier alpha value is 0.394. The van der Waals surface area contributed by atoms with E-state index in [1.165, 1.54) is 24.2 Å². The third kappa shape index (κ3) is 1.92. The van der Waals surface area contributed by atoms with Crippen molar-refractivity contribution in [2.45, 2.75) is 51.1 Å². The number of rotatable bonds is 2. The molecule has 76 valence electrons. The first kappa shape index (κ1) is 9.93. The zero-order valence-corrected chi connectivity index (χ0v) is 11.4. The van der Waals surface area contributed by atoms with Crippen LogP contribution in [0.1, 0.15) is 13.8 Å². The highest BCUT2D eigenvalue weighted by molar-refractivity contribution is 6.88. The Morgan fingerprint density at radius 3 is 1.38 bits per heavy atom. The van der Waals surface area contributed by atoms with Gasteiger partial charge in [-0.3, -0.25) is 0 Å². The van der Waals surface area contributed by atoms with E-state index in [-0.39, 0.29) is 0 Å². The van der Waals surface area contributed by atoms with Gasteiger partial charge < -0.3 is 4.12 Å². The van der Waals surface area contributed by atoms with E-state index < -0.39 is 16.6 Å². The molecular formula is C10H22OSi2. The van der Waals surface area contributed by atoms with Crippen LogP contribution in [0.5, 0.6) is 0 Å². The molecule has 1 nitrogen and oxygen atoms in total. The molecule has 0 saturated carbocycles. The minimum atomic E-state index is -1.13. The second-order valence-electron chi connectivity index (χ2n) is 6.03. The first-order chi connectivity index (χ1) is 5.91. The van der Waals surface area contributed by atoms with Gasteiger partial charge in [0.2, 0.25) is 0 Å². The summed E-state index contributed by atoms with van der Waals surface area (Å²) in [7, 11) is -2.27. The van der Waals surface area contributed by atoms with Gasteiger partial charge in [0.25, 0.3) is 0 Å². The maximum atomic E-state index is 6.52. The van der Waals surface area contributed by atoms with Gasteiger partial charge in [-0.2, -0.15) is 0 Å². The van der Waals surface area contributed by atoms with Gasteiger partial charge >= 0.3 is 0 Å². The third-order valence-corrected chi connectivity index (χ3v) is 13.8. The van der Waals surface area contributed by atoms with Crippen molar-refractivity contribution in [2.75, 3.05) is 0 Å². The molecule has 2 rings (SSSR count). The maximum absolute atomic E-state index is 6.52. The van der Waals surface area contributed by atoms with Crippen molar-refractivity contribution in [3.05, 3.63) is 0 Å².